The number of alkyl halides is 1. The van der Waals surface area contributed by atoms with E-state index in [9.17, 15) is 0 Å². The first-order valence-corrected chi connectivity index (χ1v) is 5.29. The highest BCUT2D eigenvalue weighted by molar-refractivity contribution is 6.19. The number of hydrogen-bond donors (Lipinski definition) is 0. The molecule has 82 valence electrons. The molecule has 0 atom stereocenters. The Morgan fingerprint density at radius 2 is 2.20 bits per heavy atom. The van der Waals surface area contributed by atoms with Crippen molar-refractivity contribution >= 4 is 17.3 Å². The first kappa shape index (κ1) is 11.9. The number of benzene rings is 1. The summed E-state index contributed by atoms with van der Waals surface area (Å²) in [6, 6.07) is 7.91. The van der Waals surface area contributed by atoms with Crippen LogP contribution in [-0.4, -0.2) is 26.6 Å². The van der Waals surface area contributed by atoms with Crippen LogP contribution in [0.2, 0.25) is 0 Å². The lowest BCUT2D eigenvalue weighted by molar-refractivity contribution is 0.353. The van der Waals surface area contributed by atoms with Crippen molar-refractivity contribution in [3.8, 4) is 5.75 Å². The van der Waals surface area contributed by atoms with E-state index < -0.39 is 0 Å². The van der Waals surface area contributed by atoms with Crippen LogP contribution in [0.5, 0.6) is 5.75 Å². The molecular weight excluding hydrogens is 210 g/mol. The molecule has 1 aromatic carbocycles. The van der Waals surface area contributed by atoms with Crippen LogP contribution < -0.4 is 9.64 Å². The lowest BCUT2D eigenvalue weighted by Crippen LogP contribution is -2.08. The second-order valence-electron chi connectivity index (χ2n) is 3.56. The third kappa shape index (κ3) is 3.84. The van der Waals surface area contributed by atoms with Crippen molar-refractivity contribution in [2.75, 3.05) is 31.5 Å². The van der Waals surface area contributed by atoms with Crippen molar-refractivity contribution in [2.24, 2.45) is 0 Å². The normalized spacial score (nSPS) is 9.80. The number of halogens is 1. The van der Waals surface area contributed by atoms with Gasteiger partial charge in [-0.1, -0.05) is 12.6 Å². The van der Waals surface area contributed by atoms with Crippen LogP contribution in [0.25, 0.3) is 0 Å². The molecule has 0 N–H and O–H groups in total. The predicted molar refractivity (Wildman–Crippen MR) is 66.1 cm³/mol. The van der Waals surface area contributed by atoms with E-state index >= 15 is 0 Å². The third-order valence-electron chi connectivity index (χ3n) is 1.97. The molecule has 1 aromatic rings. The molecular formula is C12H16ClNO. The maximum atomic E-state index is 5.61. The molecule has 0 aliphatic carbocycles. The summed E-state index contributed by atoms with van der Waals surface area (Å²) < 4.78 is 5.54. The smallest absolute Gasteiger partial charge is 0.121 e. The molecule has 0 bridgehead atoms. The third-order valence-corrected chi connectivity index (χ3v) is 2.34. The topological polar surface area (TPSA) is 12.5 Å². The summed E-state index contributed by atoms with van der Waals surface area (Å²) in [4.78, 5) is 2.03. The highest BCUT2D eigenvalue weighted by atomic mass is 35.5. The van der Waals surface area contributed by atoms with Crippen molar-refractivity contribution in [1.29, 1.82) is 0 Å². The molecule has 15 heavy (non-hydrogen) atoms. The van der Waals surface area contributed by atoms with Crippen LogP contribution in [0, 0.1) is 0 Å². The Morgan fingerprint density at radius 1 is 1.47 bits per heavy atom. The molecule has 0 fully saturated rings. The molecule has 0 spiro atoms. The Balaban J connectivity index is 2.61. The Bertz CT molecular complexity index is 336. The van der Waals surface area contributed by atoms with E-state index in [2.05, 4.69) is 6.58 Å². The van der Waals surface area contributed by atoms with Gasteiger partial charge in [-0.05, 0) is 17.7 Å². The Morgan fingerprint density at radius 3 is 2.80 bits per heavy atom. The second kappa shape index (κ2) is 5.66. The van der Waals surface area contributed by atoms with Crippen LogP contribution in [0.4, 0.5) is 5.69 Å². The molecule has 0 saturated carbocycles. The van der Waals surface area contributed by atoms with E-state index in [-0.39, 0.29) is 0 Å². The highest BCUT2D eigenvalue weighted by Crippen LogP contribution is 2.19. The quantitative estimate of drug-likeness (QED) is 0.565. The molecule has 0 saturated heterocycles. The Kier molecular flexibility index (Phi) is 4.50. The molecule has 0 aromatic heterocycles. The zero-order chi connectivity index (χ0) is 11.3. The summed E-state index contributed by atoms with van der Waals surface area (Å²) in [5.74, 6) is 1.28. The van der Waals surface area contributed by atoms with Crippen molar-refractivity contribution in [3.63, 3.8) is 0 Å². The van der Waals surface area contributed by atoms with E-state index in [0.717, 1.165) is 17.0 Å². The van der Waals surface area contributed by atoms with E-state index in [1.54, 1.807) is 0 Å². The van der Waals surface area contributed by atoms with Crippen LogP contribution >= 0.6 is 11.6 Å². The van der Waals surface area contributed by atoms with E-state index in [1.165, 1.54) is 0 Å². The highest BCUT2D eigenvalue weighted by Gasteiger charge is 1.99. The van der Waals surface area contributed by atoms with Gasteiger partial charge in [0.1, 0.15) is 12.4 Å². The Labute approximate surface area is 96.1 Å². The maximum Gasteiger partial charge on any atom is 0.121 e. The number of hydrogen-bond acceptors (Lipinski definition) is 2. The molecule has 0 heterocycles. The summed E-state index contributed by atoms with van der Waals surface area (Å²) in [5.41, 5.74) is 2.00. The standard InChI is InChI=1S/C12H16ClNO/c1-10(8-13)9-15-12-6-4-5-11(7-12)14(2)3/h4-7H,1,8-9H2,2-3H3. The van der Waals surface area contributed by atoms with Crippen LogP contribution in [0.1, 0.15) is 0 Å². The van der Waals surface area contributed by atoms with Gasteiger partial charge in [-0.2, -0.15) is 0 Å². The maximum absolute atomic E-state index is 5.61. The van der Waals surface area contributed by atoms with Gasteiger partial charge in [0.2, 0.25) is 0 Å². The fraction of sp³-hybridized carbons (Fsp3) is 0.333. The lowest BCUT2D eigenvalue weighted by atomic mass is 10.3. The molecule has 0 radical (unpaired) electrons. The van der Waals surface area contributed by atoms with Gasteiger partial charge in [0, 0.05) is 31.7 Å². The van der Waals surface area contributed by atoms with Gasteiger partial charge in [-0.3, -0.25) is 0 Å². The zero-order valence-corrected chi connectivity index (χ0v) is 9.92. The minimum Gasteiger partial charge on any atom is -0.489 e. The lowest BCUT2D eigenvalue weighted by Gasteiger charge is -2.14. The van der Waals surface area contributed by atoms with Crippen molar-refractivity contribution in [1.82, 2.24) is 0 Å². The number of anilines is 1. The average molecular weight is 226 g/mol. The van der Waals surface area contributed by atoms with E-state index in [1.807, 2.05) is 43.3 Å². The molecule has 0 amide bonds. The van der Waals surface area contributed by atoms with Crippen molar-refractivity contribution < 1.29 is 4.74 Å². The number of ether oxygens (including phenoxy) is 1. The fourth-order valence-corrected chi connectivity index (χ4v) is 1.15. The SMILES string of the molecule is C=C(CCl)COc1cccc(N(C)C)c1. The largest absolute Gasteiger partial charge is 0.489 e. The first-order valence-electron chi connectivity index (χ1n) is 4.76. The molecule has 0 unspecified atom stereocenters. The monoisotopic (exact) mass is 225 g/mol. The fourth-order valence-electron chi connectivity index (χ4n) is 1.08. The van der Waals surface area contributed by atoms with Crippen LogP contribution in [-0.2, 0) is 0 Å². The van der Waals surface area contributed by atoms with E-state index in [4.69, 9.17) is 16.3 Å². The van der Waals surface area contributed by atoms with Gasteiger partial charge < -0.3 is 9.64 Å². The van der Waals surface area contributed by atoms with Gasteiger partial charge in [0.25, 0.3) is 0 Å². The van der Waals surface area contributed by atoms with Gasteiger partial charge in [-0.15, -0.1) is 11.6 Å². The minimum atomic E-state index is 0.438. The predicted octanol–water partition coefficient (Wildman–Crippen LogP) is 2.93. The van der Waals surface area contributed by atoms with Crippen LogP contribution in [0.15, 0.2) is 36.4 Å². The van der Waals surface area contributed by atoms with Gasteiger partial charge in [0.15, 0.2) is 0 Å². The summed E-state index contributed by atoms with van der Waals surface area (Å²) >= 11 is 5.61. The second-order valence-corrected chi connectivity index (χ2v) is 3.83. The van der Waals surface area contributed by atoms with Gasteiger partial charge >= 0.3 is 0 Å². The van der Waals surface area contributed by atoms with E-state index in [0.29, 0.717) is 12.5 Å². The molecule has 1 rings (SSSR count). The minimum absolute atomic E-state index is 0.438. The van der Waals surface area contributed by atoms with Crippen LogP contribution in [0.3, 0.4) is 0 Å². The van der Waals surface area contributed by atoms with Crippen molar-refractivity contribution in [2.45, 2.75) is 0 Å². The van der Waals surface area contributed by atoms with Crippen molar-refractivity contribution in [3.05, 3.63) is 36.4 Å². The molecule has 2 nitrogen and oxygen atoms in total. The van der Waals surface area contributed by atoms with Gasteiger partial charge in [-0.25, -0.2) is 0 Å². The summed E-state index contributed by atoms with van der Waals surface area (Å²) in [5, 5.41) is 0. The van der Waals surface area contributed by atoms with Gasteiger partial charge in [0.05, 0.1) is 0 Å². The summed E-state index contributed by atoms with van der Waals surface area (Å²) in [7, 11) is 3.99. The number of rotatable bonds is 5. The average Bonchev–Trinajstić information content (AvgIpc) is 2.26. The number of nitrogens with zero attached hydrogens (tertiary/aromatic N) is 1. The zero-order valence-electron chi connectivity index (χ0n) is 9.16. The molecule has 0 aliphatic rings. The first-order chi connectivity index (χ1) is 7.13. The summed E-state index contributed by atoms with van der Waals surface area (Å²) in [6.07, 6.45) is 0. The molecule has 0 aliphatic heterocycles. The Hall–Kier alpha value is -1.15. The summed E-state index contributed by atoms with van der Waals surface area (Å²) in [6.45, 7) is 4.25. The molecule has 3 heteroatoms.